The van der Waals surface area contributed by atoms with E-state index in [2.05, 4.69) is 19.2 Å². The molecule has 1 unspecified atom stereocenters. The second kappa shape index (κ2) is 8.85. The molecule has 0 spiro atoms. The molecule has 0 fully saturated rings. The molecule has 3 rings (SSSR count). The van der Waals surface area contributed by atoms with Crippen molar-refractivity contribution in [3.8, 4) is 5.75 Å². The summed E-state index contributed by atoms with van der Waals surface area (Å²) in [5.74, 6) is 1.33. The van der Waals surface area contributed by atoms with Crippen LogP contribution in [0.5, 0.6) is 5.75 Å². The number of amides is 1. The average Bonchev–Trinajstić information content (AvgIpc) is 2.66. The molecule has 1 aliphatic rings. The fourth-order valence-corrected chi connectivity index (χ4v) is 3.43. The van der Waals surface area contributed by atoms with Gasteiger partial charge in [-0.1, -0.05) is 56.3 Å². The van der Waals surface area contributed by atoms with E-state index in [-0.39, 0.29) is 30.6 Å². The summed E-state index contributed by atoms with van der Waals surface area (Å²) in [4.78, 5) is 24.7. The van der Waals surface area contributed by atoms with Crippen molar-refractivity contribution in [1.82, 2.24) is 5.32 Å². The van der Waals surface area contributed by atoms with Gasteiger partial charge < -0.3 is 10.1 Å². The molecule has 1 atom stereocenters. The molecule has 0 saturated carbocycles. The molecule has 0 radical (unpaired) electrons. The number of hydrogen-bond acceptors (Lipinski definition) is 3. The van der Waals surface area contributed by atoms with E-state index in [1.165, 1.54) is 5.56 Å². The van der Waals surface area contributed by atoms with Gasteiger partial charge in [-0.3, -0.25) is 9.59 Å². The standard InChI is InChI=1S/C23H27NO3/c1-16(2)15-17-7-9-18(10-8-17)21(25)11-12-23(26)24-20-13-14-27-22-6-4-3-5-19(20)22/h3-10,16,20H,11-15H2,1-2H3,(H,24,26). The topological polar surface area (TPSA) is 55.4 Å². The third kappa shape index (κ3) is 5.19. The van der Waals surface area contributed by atoms with Gasteiger partial charge in [0.1, 0.15) is 5.75 Å². The Balaban J connectivity index is 1.51. The van der Waals surface area contributed by atoms with Crippen LogP contribution in [-0.4, -0.2) is 18.3 Å². The molecule has 0 bridgehead atoms. The SMILES string of the molecule is CC(C)Cc1ccc(C(=O)CCC(=O)NC2CCOc3ccccc32)cc1. The molecule has 142 valence electrons. The summed E-state index contributed by atoms with van der Waals surface area (Å²) in [5, 5.41) is 3.04. The van der Waals surface area contributed by atoms with Crippen LogP contribution >= 0.6 is 0 Å². The van der Waals surface area contributed by atoms with E-state index in [1.54, 1.807) is 0 Å². The minimum atomic E-state index is -0.0959. The summed E-state index contributed by atoms with van der Waals surface area (Å²) in [6, 6.07) is 15.5. The number of ketones is 1. The van der Waals surface area contributed by atoms with Crippen molar-refractivity contribution in [1.29, 1.82) is 0 Å². The molecule has 1 aliphatic heterocycles. The van der Waals surface area contributed by atoms with Crippen LogP contribution in [0.25, 0.3) is 0 Å². The highest BCUT2D eigenvalue weighted by Crippen LogP contribution is 2.31. The number of rotatable bonds is 7. The zero-order chi connectivity index (χ0) is 19.2. The van der Waals surface area contributed by atoms with Crippen LogP contribution < -0.4 is 10.1 Å². The van der Waals surface area contributed by atoms with Gasteiger partial charge in [-0.2, -0.15) is 0 Å². The molecule has 1 amide bonds. The van der Waals surface area contributed by atoms with Crippen molar-refractivity contribution in [3.63, 3.8) is 0 Å². The first-order valence-corrected chi connectivity index (χ1v) is 9.66. The summed E-state index contributed by atoms with van der Waals surface area (Å²) in [6.07, 6.45) is 2.17. The summed E-state index contributed by atoms with van der Waals surface area (Å²) in [5.41, 5.74) is 2.91. The molecule has 27 heavy (non-hydrogen) atoms. The van der Waals surface area contributed by atoms with Crippen LogP contribution in [0.4, 0.5) is 0 Å². The highest BCUT2D eigenvalue weighted by Gasteiger charge is 2.22. The smallest absolute Gasteiger partial charge is 0.220 e. The number of ether oxygens (including phenoxy) is 1. The minimum Gasteiger partial charge on any atom is -0.493 e. The highest BCUT2D eigenvalue weighted by molar-refractivity contribution is 5.98. The normalized spacial score (nSPS) is 15.7. The molecule has 0 saturated heterocycles. The summed E-state index contributed by atoms with van der Waals surface area (Å²) in [6.45, 7) is 4.94. The van der Waals surface area contributed by atoms with Crippen molar-refractivity contribution in [2.24, 2.45) is 5.92 Å². The number of benzene rings is 2. The van der Waals surface area contributed by atoms with Gasteiger partial charge in [-0.05, 0) is 24.0 Å². The van der Waals surface area contributed by atoms with Gasteiger partial charge in [0.15, 0.2) is 5.78 Å². The van der Waals surface area contributed by atoms with E-state index in [0.29, 0.717) is 18.1 Å². The van der Waals surface area contributed by atoms with Gasteiger partial charge >= 0.3 is 0 Å². The summed E-state index contributed by atoms with van der Waals surface area (Å²) in [7, 11) is 0. The minimum absolute atomic E-state index is 0.00799. The summed E-state index contributed by atoms with van der Waals surface area (Å²) < 4.78 is 5.62. The van der Waals surface area contributed by atoms with Crippen LogP contribution in [0, 0.1) is 5.92 Å². The van der Waals surface area contributed by atoms with Crippen LogP contribution in [-0.2, 0) is 11.2 Å². The van der Waals surface area contributed by atoms with Crippen LogP contribution in [0.2, 0.25) is 0 Å². The lowest BCUT2D eigenvalue weighted by atomic mass is 9.99. The molecule has 0 aliphatic carbocycles. The Hall–Kier alpha value is -2.62. The fraction of sp³-hybridized carbons (Fsp3) is 0.391. The van der Waals surface area contributed by atoms with Crippen molar-refractivity contribution in [2.75, 3.05) is 6.61 Å². The third-order valence-corrected chi connectivity index (χ3v) is 4.79. The Morgan fingerprint density at radius 3 is 2.56 bits per heavy atom. The van der Waals surface area contributed by atoms with Crippen molar-refractivity contribution < 1.29 is 14.3 Å². The molecular formula is C23H27NO3. The molecule has 4 nitrogen and oxygen atoms in total. The van der Waals surface area contributed by atoms with Gasteiger partial charge in [0, 0.05) is 30.4 Å². The van der Waals surface area contributed by atoms with Crippen LogP contribution in [0.15, 0.2) is 48.5 Å². The van der Waals surface area contributed by atoms with E-state index < -0.39 is 0 Å². The van der Waals surface area contributed by atoms with Crippen LogP contribution in [0.3, 0.4) is 0 Å². The molecular weight excluding hydrogens is 338 g/mol. The van der Waals surface area contributed by atoms with Crippen molar-refractivity contribution in [3.05, 3.63) is 65.2 Å². The maximum Gasteiger partial charge on any atom is 0.220 e. The first kappa shape index (κ1) is 19.2. The van der Waals surface area contributed by atoms with Gasteiger partial charge in [-0.15, -0.1) is 0 Å². The van der Waals surface area contributed by atoms with E-state index in [9.17, 15) is 9.59 Å². The number of fused-ring (bicyclic) bond motifs is 1. The molecule has 2 aromatic carbocycles. The molecule has 1 heterocycles. The van der Waals surface area contributed by atoms with Gasteiger partial charge in [0.05, 0.1) is 12.6 Å². The first-order chi connectivity index (χ1) is 13.0. The molecule has 1 N–H and O–H groups in total. The Kier molecular flexibility index (Phi) is 6.28. The van der Waals surface area contributed by atoms with Crippen molar-refractivity contribution >= 4 is 11.7 Å². The maximum absolute atomic E-state index is 12.4. The van der Waals surface area contributed by atoms with E-state index >= 15 is 0 Å². The fourth-order valence-electron chi connectivity index (χ4n) is 3.43. The Morgan fingerprint density at radius 2 is 1.81 bits per heavy atom. The third-order valence-electron chi connectivity index (χ3n) is 4.79. The summed E-state index contributed by atoms with van der Waals surface area (Å²) >= 11 is 0. The monoisotopic (exact) mass is 365 g/mol. The number of nitrogens with one attached hydrogen (secondary N) is 1. The molecule has 2 aromatic rings. The molecule has 4 heteroatoms. The predicted octanol–water partition coefficient (Wildman–Crippen LogP) is 4.49. The number of carbonyl (C=O) groups is 2. The number of carbonyl (C=O) groups excluding carboxylic acids is 2. The van der Waals surface area contributed by atoms with Crippen LogP contribution in [0.1, 0.15) is 60.6 Å². The van der Waals surface area contributed by atoms with E-state index in [0.717, 1.165) is 24.2 Å². The molecule has 0 aromatic heterocycles. The van der Waals surface area contributed by atoms with Crippen molar-refractivity contribution in [2.45, 2.75) is 45.6 Å². The maximum atomic E-state index is 12.4. The zero-order valence-corrected chi connectivity index (χ0v) is 16.0. The second-order valence-corrected chi connectivity index (χ2v) is 7.51. The van der Waals surface area contributed by atoms with Gasteiger partial charge in [0.2, 0.25) is 5.91 Å². The van der Waals surface area contributed by atoms with Gasteiger partial charge in [-0.25, -0.2) is 0 Å². The lowest BCUT2D eigenvalue weighted by molar-refractivity contribution is -0.122. The number of Topliss-reactive ketones (excluding diaryl/α,β-unsaturated/α-hetero) is 1. The quantitative estimate of drug-likeness (QED) is 0.736. The first-order valence-electron chi connectivity index (χ1n) is 9.66. The Morgan fingerprint density at radius 1 is 1.07 bits per heavy atom. The van der Waals surface area contributed by atoms with Gasteiger partial charge in [0.25, 0.3) is 0 Å². The average molecular weight is 365 g/mol. The number of hydrogen-bond donors (Lipinski definition) is 1. The Bertz CT molecular complexity index is 796. The van der Waals surface area contributed by atoms with E-state index in [4.69, 9.17) is 4.74 Å². The lowest BCUT2D eigenvalue weighted by Gasteiger charge is -2.26. The Labute approximate surface area is 160 Å². The highest BCUT2D eigenvalue weighted by atomic mass is 16.5. The number of para-hydroxylation sites is 1. The second-order valence-electron chi connectivity index (χ2n) is 7.51. The predicted molar refractivity (Wildman–Crippen MR) is 106 cm³/mol. The zero-order valence-electron chi connectivity index (χ0n) is 16.0. The van der Waals surface area contributed by atoms with E-state index in [1.807, 2.05) is 48.5 Å². The lowest BCUT2D eigenvalue weighted by Crippen LogP contribution is -2.32. The largest absolute Gasteiger partial charge is 0.493 e.